The molecule has 1 saturated carbocycles. The third kappa shape index (κ3) is 3.49. The summed E-state index contributed by atoms with van der Waals surface area (Å²) in [5.74, 6) is 1.64. The van der Waals surface area contributed by atoms with E-state index in [9.17, 15) is 0 Å². The predicted molar refractivity (Wildman–Crippen MR) is 86.6 cm³/mol. The average molecular weight is 295 g/mol. The van der Waals surface area contributed by atoms with Crippen molar-refractivity contribution in [1.82, 2.24) is 0 Å². The van der Waals surface area contributed by atoms with Gasteiger partial charge in [-0.05, 0) is 55.2 Å². The molecular formula is C18H27ClO. The van der Waals surface area contributed by atoms with Crippen molar-refractivity contribution in [2.45, 2.75) is 58.3 Å². The second-order valence-electron chi connectivity index (χ2n) is 6.53. The van der Waals surface area contributed by atoms with E-state index in [0.717, 1.165) is 5.75 Å². The van der Waals surface area contributed by atoms with Gasteiger partial charge in [0, 0.05) is 0 Å². The molecule has 0 bridgehead atoms. The molecule has 2 heteroatoms. The molecule has 1 aromatic rings. The van der Waals surface area contributed by atoms with Crippen LogP contribution in [0.2, 0.25) is 0 Å². The van der Waals surface area contributed by atoms with Crippen molar-refractivity contribution in [2.75, 3.05) is 6.61 Å². The van der Waals surface area contributed by atoms with Gasteiger partial charge in [-0.15, -0.1) is 11.6 Å². The van der Waals surface area contributed by atoms with Gasteiger partial charge >= 0.3 is 0 Å². The zero-order chi connectivity index (χ0) is 14.6. The predicted octanol–water partition coefficient (Wildman–Crippen LogP) is 5.97. The number of ether oxygens (including phenoxy) is 1. The van der Waals surface area contributed by atoms with Crippen LogP contribution in [0.4, 0.5) is 0 Å². The van der Waals surface area contributed by atoms with Crippen molar-refractivity contribution in [3.63, 3.8) is 0 Å². The van der Waals surface area contributed by atoms with Crippen LogP contribution in [0.1, 0.15) is 63.8 Å². The lowest BCUT2D eigenvalue weighted by Crippen LogP contribution is -2.24. The Kier molecular flexibility index (Phi) is 5.37. The van der Waals surface area contributed by atoms with Gasteiger partial charge in [0.15, 0.2) is 0 Å². The van der Waals surface area contributed by atoms with Crippen molar-refractivity contribution in [3.05, 3.63) is 29.8 Å². The zero-order valence-corrected chi connectivity index (χ0v) is 13.7. The second kappa shape index (κ2) is 6.85. The second-order valence-corrected chi connectivity index (χ2v) is 6.97. The maximum Gasteiger partial charge on any atom is 0.119 e. The minimum Gasteiger partial charge on any atom is -0.494 e. The lowest BCUT2D eigenvalue weighted by Gasteiger charge is -2.36. The molecule has 1 aliphatic carbocycles. The summed E-state index contributed by atoms with van der Waals surface area (Å²) in [5.41, 5.74) is 1.54. The van der Waals surface area contributed by atoms with Crippen LogP contribution in [-0.2, 0) is 0 Å². The molecule has 0 aliphatic heterocycles. The number of hydrogen-bond acceptors (Lipinski definition) is 1. The van der Waals surface area contributed by atoms with E-state index in [1.807, 2.05) is 19.1 Å². The molecule has 1 unspecified atom stereocenters. The molecule has 1 nitrogen and oxygen atoms in total. The Morgan fingerprint density at radius 2 is 1.75 bits per heavy atom. The van der Waals surface area contributed by atoms with E-state index < -0.39 is 0 Å². The summed E-state index contributed by atoms with van der Waals surface area (Å²) >= 11 is 6.90. The zero-order valence-electron chi connectivity index (χ0n) is 13.0. The van der Waals surface area contributed by atoms with Gasteiger partial charge in [-0.3, -0.25) is 0 Å². The largest absolute Gasteiger partial charge is 0.494 e. The molecule has 1 atom stereocenters. The van der Waals surface area contributed by atoms with Crippen LogP contribution in [0.3, 0.4) is 0 Å². The Hall–Kier alpha value is -0.690. The molecule has 112 valence electrons. The maximum absolute atomic E-state index is 6.90. The van der Waals surface area contributed by atoms with Gasteiger partial charge < -0.3 is 4.74 Å². The first-order chi connectivity index (χ1) is 9.57. The Morgan fingerprint density at radius 3 is 2.25 bits per heavy atom. The molecule has 1 aromatic carbocycles. The minimum atomic E-state index is 0.128. The van der Waals surface area contributed by atoms with Gasteiger partial charge in [0.05, 0.1) is 12.0 Å². The average Bonchev–Trinajstić information content (AvgIpc) is 2.88. The van der Waals surface area contributed by atoms with Crippen molar-refractivity contribution in [2.24, 2.45) is 11.3 Å². The molecule has 0 radical (unpaired) electrons. The van der Waals surface area contributed by atoms with Crippen LogP contribution in [0.5, 0.6) is 5.75 Å². The highest BCUT2D eigenvalue weighted by Crippen LogP contribution is 2.54. The van der Waals surface area contributed by atoms with Crippen LogP contribution in [-0.4, -0.2) is 6.61 Å². The van der Waals surface area contributed by atoms with Crippen molar-refractivity contribution in [3.8, 4) is 5.75 Å². The van der Waals surface area contributed by atoms with Gasteiger partial charge in [0.1, 0.15) is 5.75 Å². The first-order valence-corrected chi connectivity index (χ1v) is 8.38. The highest BCUT2D eigenvalue weighted by molar-refractivity contribution is 6.21. The molecular weight excluding hydrogens is 268 g/mol. The Labute approximate surface area is 128 Å². The summed E-state index contributed by atoms with van der Waals surface area (Å²) in [6, 6.07) is 8.38. The van der Waals surface area contributed by atoms with Crippen LogP contribution in [0.25, 0.3) is 0 Å². The molecule has 0 aromatic heterocycles. The van der Waals surface area contributed by atoms with E-state index in [4.69, 9.17) is 16.3 Å². The van der Waals surface area contributed by atoms with Crippen molar-refractivity contribution >= 4 is 11.6 Å². The molecule has 0 saturated heterocycles. The van der Waals surface area contributed by atoms with E-state index in [-0.39, 0.29) is 5.38 Å². The normalized spacial score (nSPS) is 19.2. The Morgan fingerprint density at radius 1 is 1.15 bits per heavy atom. The van der Waals surface area contributed by atoms with Crippen molar-refractivity contribution in [1.29, 1.82) is 0 Å². The molecule has 20 heavy (non-hydrogen) atoms. The van der Waals surface area contributed by atoms with E-state index in [0.29, 0.717) is 17.9 Å². The Bertz CT molecular complexity index is 404. The fourth-order valence-electron chi connectivity index (χ4n) is 3.71. The van der Waals surface area contributed by atoms with E-state index in [2.05, 4.69) is 26.0 Å². The van der Waals surface area contributed by atoms with Gasteiger partial charge in [0.25, 0.3) is 0 Å². The van der Waals surface area contributed by atoms with Gasteiger partial charge in [-0.1, -0.05) is 38.8 Å². The van der Waals surface area contributed by atoms with Gasteiger partial charge in [0.2, 0.25) is 0 Å². The van der Waals surface area contributed by atoms with E-state index >= 15 is 0 Å². The first-order valence-electron chi connectivity index (χ1n) is 7.94. The maximum atomic E-state index is 6.90. The van der Waals surface area contributed by atoms with E-state index in [1.54, 1.807) is 0 Å². The highest BCUT2D eigenvalue weighted by atomic mass is 35.5. The fourth-order valence-corrected chi connectivity index (χ4v) is 4.16. The molecule has 0 amide bonds. The van der Waals surface area contributed by atoms with Gasteiger partial charge in [-0.2, -0.15) is 0 Å². The molecule has 1 aliphatic rings. The van der Waals surface area contributed by atoms with Crippen LogP contribution >= 0.6 is 11.6 Å². The molecule has 2 rings (SSSR count). The monoisotopic (exact) mass is 294 g/mol. The Balaban J connectivity index is 2.16. The SMILES string of the molecule is CCOc1ccc(C(Cl)C2(CC(C)C)CCCC2)cc1. The summed E-state index contributed by atoms with van der Waals surface area (Å²) < 4.78 is 5.51. The lowest BCUT2D eigenvalue weighted by molar-refractivity contribution is 0.223. The summed E-state index contributed by atoms with van der Waals surface area (Å²) in [7, 11) is 0. The van der Waals surface area contributed by atoms with E-state index in [1.165, 1.54) is 37.7 Å². The molecule has 0 N–H and O–H groups in total. The lowest BCUT2D eigenvalue weighted by atomic mass is 9.73. The van der Waals surface area contributed by atoms with Crippen LogP contribution < -0.4 is 4.74 Å². The minimum absolute atomic E-state index is 0.128. The smallest absolute Gasteiger partial charge is 0.119 e. The summed E-state index contributed by atoms with van der Waals surface area (Å²) in [6.45, 7) is 7.33. The molecule has 1 fully saturated rings. The van der Waals surface area contributed by atoms with Crippen molar-refractivity contribution < 1.29 is 4.74 Å². The number of rotatable bonds is 6. The van der Waals surface area contributed by atoms with Crippen LogP contribution in [0, 0.1) is 11.3 Å². The summed E-state index contributed by atoms with van der Waals surface area (Å²) in [4.78, 5) is 0. The summed E-state index contributed by atoms with van der Waals surface area (Å²) in [5, 5.41) is 0.128. The number of hydrogen-bond donors (Lipinski definition) is 0. The summed E-state index contributed by atoms with van der Waals surface area (Å²) in [6.07, 6.45) is 6.42. The quantitative estimate of drug-likeness (QED) is 0.587. The van der Waals surface area contributed by atoms with Crippen LogP contribution in [0.15, 0.2) is 24.3 Å². The highest BCUT2D eigenvalue weighted by Gasteiger charge is 2.41. The standard InChI is InChI=1S/C18H27ClO/c1-4-20-16-9-7-15(8-10-16)17(19)18(13-14(2)3)11-5-6-12-18/h7-10,14,17H,4-6,11-13H2,1-3H3. The molecule has 0 spiro atoms. The molecule has 0 heterocycles. The topological polar surface area (TPSA) is 9.23 Å². The number of alkyl halides is 1. The third-order valence-electron chi connectivity index (χ3n) is 4.44. The first kappa shape index (κ1) is 15.7. The third-order valence-corrected chi connectivity index (χ3v) is 5.15. The number of halogens is 1. The fraction of sp³-hybridized carbons (Fsp3) is 0.667. The van der Waals surface area contributed by atoms with Gasteiger partial charge in [-0.25, -0.2) is 0 Å². The number of benzene rings is 1.